The number of carbonyl (C=O) groups excluding carboxylic acids is 3. The summed E-state index contributed by atoms with van der Waals surface area (Å²) in [5, 5.41) is 4.57. The van der Waals surface area contributed by atoms with Crippen LogP contribution < -0.4 is 0 Å². The molecule has 0 radical (unpaired) electrons. The first-order valence-electron chi connectivity index (χ1n) is 10.1. The van der Waals surface area contributed by atoms with Gasteiger partial charge in [0, 0.05) is 41.3 Å². The molecule has 172 valence electrons. The minimum absolute atomic E-state index is 0.321. The normalized spacial score (nSPS) is 11.1. The van der Waals surface area contributed by atoms with Crippen LogP contribution in [-0.4, -0.2) is 45.8 Å². The number of hydrogen-bond acceptors (Lipinski definition) is 6. The summed E-state index contributed by atoms with van der Waals surface area (Å²) in [6.45, 7) is 5.06. The molecule has 33 heavy (non-hydrogen) atoms. The van der Waals surface area contributed by atoms with Gasteiger partial charge in [0.05, 0.1) is 18.4 Å². The zero-order chi connectivity index (χ0) is 24.3. The van der Waals surface area contributed by atoms with Gasteiger partial charge in [-0.3, -0.25) is 9.48 Å². The summed E-state index contributed by atoms with van der Waals surface area (Å²) in [7, 11) is 3.03. The fourth-order valence-electron chi connectivity index (χ4n) is 3.56. The van der Waals surface area contributed by atoms with E-state index in [1.54, 1.807) is 44.3 Å². The number of ether oxygens (including phenoxy) is 2. The Morgan fingerprint density at radius 1 is 1.12 bits per heavy atom. The maximum absolute atomic E-state index is 12.7. The maximum atomic E-state index is 12.7. The number of halogens is 1. The van der Waals surface area contributed by atoms with Crippen LogP contribution in [0.1, 0.15) is 43.4 Å². The van der Waals surface area contributed by atoms with Crippen LogP contribution in [0.15, 0.2) is 36.4 Å². The highest BCUT2D eigenvalue weighted by Gasteiger charge is 2.18. The Bertz CT molecular complexity index is 1250. The summed E-state index contributed by atoms with van der Waals surface area (Å²) >= 11 is 6.14. The molecule has 0 aliphatic rings. The number of esters is 2. The number of nitrogens with zero attached hydrogens (tertiary/aromatic N) is 3. The summed E-state index contributed by atoms with van der Waals surface area (Å²) in [6, 6.07) is 8.61. The van der Waals surface area contributed by atoms with Crippen molar-refractivity contribution in [3.8, 4) is 5.69 Å². The first kappa shape index (κ1) is 24.0. The molecular formula is C24H24ClN3O5. The summed E-state index contributed by atoms with van der Waals surface area (Å²) in [6.07, 6.45) is 2.73. The second-order valence-electron chi connectivity index (χ2n) is 7.44. The van der Waals surface area contributed by atoms with Crippen molar-refractivity contribution in [3.63, 3.8) is 0 Å². The first-order chi connectivity index (χ1) is 15.6. The molecule has 2 aromatic heterocycles. The smallest absolute Gasteiger partial charge is 0.337 e. The van der Waals surface area contributed by atoms with Crippen molar-refractivity contribution in [2.24, 2.45) is 7.05 Å². The maximum Gasteiger partial charge on any atom is 0.337 e. The fraction of sp³-hybridized carbons (Fsp3) is 0.250. The molecule has 0 aliphatic heterocycles. The van der Waals surface area contributed by atoms with E-state index in [0.29, 0.717) is 33.2 Å². The Morgan fingerprint density at radius 3 is 2.36 bits per heavy atom. The number of aromatic nitrogens is 3. The topological polar surface area (TPSA) is 92.4 Å². The zero-order valence-electron chi connectivity index (χ0n) is 19.0. The van der Waals surface area contributed by atoms with Crippen molar-refractivity contribution in [2.75, 3.05) is 13.7 Å². The van der Waals surface area contributed by atoms with Crippen LogP contribution in [0, 0.1) is 20.8 Å². The minimum Gasteiger partial charge on any atom is -0.465 e. The lowest BCUT2D eigenvalue weighted by atomic mass is 10.1. The van der Waals surface area contributed by atoms with Gasteiger partial charge in [-0.15, -0.1) is 0 Å². The second kappa shape index (κ2) is 9.87. The molecular weight excluding hydrogens is 446 g/mol. The number of methoxy groups -OCH3 is 1. The first-order valence-corrected chi connectivity index (χ1v) is 10.5. The van der Waals surface area contributed by atoms with Gasteiger partial charge in [-0.05, 0) is 57.2 Å². The molecule has 0 aliphatic carbocycles. The summed E-state index contributed by atoms with van der Waals surface area (Å²) in [5.41, 5.74) is 4.50. The van der Waals surface area contributed by atoms with Crippen LogP contribution in [0.2, 0.25) is 5.15 Å². The summed E-state index contributed by atoms with van der Waals surface area (Å²) in [4.78, 5) is 36.5. The van der Waals surface area contributed by atoms with Crippen LogP contribution in [0.3, 0.4) is 0 Å². The quantitative estimate of drug-likeness (QED) is 0.295. The van der Waals surface area contributed by atoms with Crippen molar-refractivity contribution in [1.29, 1.82) is 0 Å². The summed E-state index contributed by atoms with van der Waals surface area (Å²) < 4.78 is 13.2. The molecule has 2 heterocycles. The number of hydrogen-bond donors (Lipinski definition) is 0. The highest BCUT2D eigenvalue weighted by atomic mass is 35.5. The van der Waals surface area contributed by atoms with Crippen LogP contribution >= 0.6 is 11.6 Å². The van der Waals surface area contributed by atoms with Crippen molar-refractivity contribution in [2.45, 2.75) is 20.8 Å². The molecule has 0 fully saturated rings. The van der Waals surface area contributed by atoms with Gasteiger partial charge in [0.15, 0.2) is 6.61 Å². The van der Waals surface area contributed by atoms with Gasteiger partial charge in [0.1, 0.15) is 5.15 Å². The van der Waals surface area contributed by atoms with E-state index >= 15 is 0 Å². The molecule has 0 saturated heterocycles. The standard InChI is InChI=1S/C24H24ClN3O5/c1-14-12-20(16(3)28(14)18-8-6-17(7-9-18)24(31)32-5)21(29)13-33-22(30)11-10-19-15(2)26-27(4)23(19)25/h6-12H,13H2,1-5H3/b11-10+. The van der Waals surface area contributed by atoms with E-state index in [9.17, 15) is 14.4 Å². The van der Waals surface area contributed by atoms with E-state index < -0.39 is 18.5 Å². The van der Waals surface area contributed by atoms with Gasteiger partial charge in [-0.2, -0.15) is 5.10 Å². The van der Waals surface area contributed by atoms with Crippen molar-refractivity contribution in [1.82, 2.24) is 14.3 Å². The number of benzene rings is 1. The average Bonchev–Trinajstić information content (AvgIpc) is 3.23. The largest absolute Gasteiger partial charge is 0.465 e. The van der Waals surface area contributed by atoms with Crippen LogP contribution in [-0.2, 0) is 21.3 Å². The van der Waals surface area contributed by atoms with Crippen LogP contribution in [0.4, 0.5) is 0 Å². The predicted octanol–water partition coefficient (Wildman–Crippen LogP) is 4.02. The molecule has 0 amide bonds. The zero-order valence-corrected chi connectivity index (χ0v) is 19.8. The van der Waals surface area contributed by atoms with Gasteiger partial charge >= 0.3 is 11.9 Å². The van der Waals surface area contributed by atoms with Crippen LogP contribution in [0.25, 0.3) is 11.8 Å². The third-order valence-electron chi connectivity index (χ3n) is 5.21. The predicted molar refractivity (Wildman–Crippen MR) is 124 cm³/mol. The Labute approximate surface area is 196 Å². The molecule has 3 rings (SSSR count). The SMILES string of the molecule is COC(=O)c1ccc(-n2c(C)cc(C(=O)COC(=O)/C=C/c3c(C)nn(C)c3Cl)c2C)cc1. The van der Waals surface area contributed by atoms with E-state index in [1.807, 2.05) is 18.4 Å². The third-order valence-corrected chi connectivity index (χ3v) is 5.65. The molecule has 0 unspecified atom stereocenters. The van der Waals surface area contributed by atoms with Gasteiger partial charge in [0.2, 0.25) is 5.78 Å². The Balaban J connectivity index is 1.70. The highest BCUT2D eigenvalue weighted by Crippen LogP contribution is 2.22. The number of rotatable bonds is 7. The minimum atomic E-state index is -0.658. The van der Waals surface area contributed by atoms with Crippen LogP contribution in [0.5, 0.6) is 0 Å². The third kappa shape index (κ3) is 5.06. The second-order valence-corrected chi connectivity index (χ2v) is 7.79. The van der Waals surface area contributed by atoms with Crippen molar-refractivity contribution >= 4 is 35.4 Å². The van der Waals surface area contributed by atoms with Gasteiger partial charge < -0.3 is 14.0 Å². The monoisotopic (exact) mass is 469 g/mol. The molecule has 0 bridgehead atoms. The molecule has 0 N–H and O–H groups in total. The number of Topliss-reactive ketones (excluding diaryl/α,β-unsaturated/α-hetero) is 1. The Hall–Kier alpha value is -3.65. The lowest BCUT2D eigenvalue weighted by Gasteiger charge is -2.10. The van der Waals surface area contributed by atoms with Gasteiger partial charge in [0.25, 0.3) is 0 Å². The van der Waals surface area contributed by atoms with Crippen molar-refractivity contribution in [3.05, 3.63) is 75.3 Å². The molecule has 0 spiro atoms. The molecule has 0 atom stereocenters. The molecule has 1 aromatic carbocycles. The highest BCUT2D eigenvalue weighted by molar-refractivity contribution is 6.31. The number of aryl methyl sites for hydroxylation is 3. The van der Waals surface area contributed by atoms with E-state index in [2.05, 4.69) is 5.10 Å². The number of ketones is 1. The molecule has 3 aromatic rings. The van der Waals surface area contributed by atoms with Gasteiger partial charge in [-0.1, -0.05) is 11.6 Å². The Kier molecular flexibility index (Phi) is 7.18. The van der Waals surface area contributed by atoms with Crippen molar-refractivity contribution < 1.29 is 23.9 Å². The lowest BCUT2D eigenvalue weighted by molar-refractivity contribution is -0.136. The fourth-order valence-corrected chi connectivity index (χ4v) is 3.79. The molecule has 9 heteroatoms. The van der Waals surface area contributed by atoms with E-state index in [-0.39, 0.29) is 5.78 Å². The summed E-state index contributed by atoms with van der Waals surface area (Å²) in [5.74, 6) is -1.40. The lowest BCUT2D eigenvalue weighted by Crippen LogP contribution is -2.13. The van der Waals surface area contributed by atoms with Gasteiger partial charge in [-0.25, -0.2) is 9.59 Å². The van der Waals surface area contributed by atoms with E-state index in [1.165, 1.54) is 23.9 Å². The molecule has 8 nitrogen and oxygen atoms in total. The number of carbonyl (C=O) groups is 3. The molecule has 0 saturated carbocycles. The average molecular weight is 470 g/mol. The van der Waals surface area contributed by atoms with E-state index in [4.69, 9.17) is 21.1 Å². The Morgan fingerprint density at radius 2 is 1.79 bits per heavy atom. The van der Waals surface area contributed by atoms with E-state index in [0.717, 1.165) is 11.4 Å².